The van der Waals surface area contributed by atoms with Crippen LogP contribution in [0.15, 0.2) is 24.3 Å². The van der Waals surface area contributed by atoms with Gasteiger partial charge in [-0.15, -0.1) is 12.3 Å². The number of hydrogen-bond donors (Lipinski definition) is 1. The minimum absolute atomic E-state index is 0.356. The standard InChI is InChI=1S/C18H21IO4/c1-4-5-9-16(23-13(2)20)10-11-18(3,17(21)22)14-7-6-8-15(19)12-14/h1,6-8,12,16H,5,9-11H2,2-3H3,(H,21,22). The summed E-state index contributed by atoms with van der Waals surface area (Å²) >= 11 is 2.16. The van der Waals surface area contributed by atoms with E-state index in [9.17, 15) is 14.7 Å². The van der Waals surface area contributed by atoms with Gasteiger partial charge in [0.1, 0.15) is 6.10 Å². The first-order chi connectivity index (χ1) is 10.8. The average Bonchev–Trinajstić information content (AvgIpc) is 2.49. The third kappa shape index (κ3) is 5.87. The Morgan fingerprint density at radius 2 is 2.13 bits per heavy atom. The van der Waals surface area contributed by atoms with Crippen molar-refractivity contribution < 1.29 is 19.4 Å². The van der Waals surface area contributed by atoms with Crippen molar-refractivity contribution in [3.05, 3.63) is 33.4 Å². The summed E-state index contributed by atoms with van der Waals surface area (Å²) in [5.41, 5.74) is -0.286. The molecule has 0 bridgehead atoms. The van der Waals surface area contributed by atoms with Gasteiger partial charge in [-0.25, -0.2) is 0 Å². The molecule has 0 radical (unpaired) electrons. The van der Waals surface area contributed by atoms with Crippen LogP contribution in [-0.4, -0.2) is 23.1 Å². The topological polar surface area (TPSA) is 63.6 Å². The summed E-state index contributed by atoms with van der Waals surface area (Å²) in [6.45, 7) is 3.05. The van der Waals surface area contributed by atoms with Crippen molar-refractivity contribution in [2.75, 3.05) is 0 Å². The second-order valence-corrected chi connectivity index (χ2v) is 6.91. The molecule has 0 aliphatic carbocycles. The highest BCUT2D eigenvalue weighted by molar-refractivity contribution is 14.1. The van der Waals surface area contributed by atoms with Crippen molar-refractivity contribution in [1.82, 2.24) is 0 Å². The minimum Gasteiger partial charge on any atom is -0.481 e. The normalized spacial score (nSPS) is 14.3. The van der Waals surface area contributed by atoms with Crippen LogP contribution in [0.3, 0.4) is 0 Å². The largest absolute Gasteiger partial charge is 0.481 e. The third-order valence-electron chi connectivity index (χ3n) is 3.84. The number of carbonyl (C=O) groups excluding carboxylic acids is 1. The Hall–Kier alpha value is -1.55. The molecular formula is C18H21IO4. The summed E-state index contributed by atoms with van der Waals surface area (Å²) in [5.74, 6) is 1.25. The Kier molecular flexibility index (Phi) is 7.56. The number of carboxylic acid groups (broad SMARTS) is 1. The fourth-order valence-corrected chi connectivity index (χ4v) is 2.94. The van der Waals surface area contributed by atoms with Crippen molar-refractivity contribution in [3.8, 4) is 12.3 Å². The molecule has 0 heterocycles. The van der Waals surface area contributed by atoms with Crippen LogP contribution in [0.5, 0.6) is 0 Å². The van der Waals surface area contributed by atoms with E-state index in [2.05, 4.69) is 28.5 Å². The van der Waals surface area contributed by atoms with Crippen molar-refractivity contribution in [1.29, 1.82) is 0 Å². The summed E-state index contributed by atoms with van der Waals surface area (Å²) in [4.78, 5) is 23.0. The molecule has 2 atom stereocenters. The van der Waals surface area contributed by atoms with Crippen LogP contribution in [0.4, 0.5) is 0 Å². The fourth-order valence-electron chi connectivity index (χ4n) is 2.40. The van der Waals surface area contributed by atoms with E-state index < -0.39 is 11.4 Å². The first kappa shape index (κ1) is 19.5. The molecule has 0 aliphatic heterocycles. The molecule has 0 aromatic heterocycles. The van der Waals surface area contributed by atoms with E-state index in [1.807, 2.05) is 24.3 Å². The van der Waals surface area contributed by atoms with E-state index in [0.717, 1.165) is 9.13 Å². The van der Waals surface area contributed by atoms with Crippen LogP contribution >= 0.6 is 22.6 Å². The molecule has 1 N–H and O–H groups in total. The maximum Gasteiger partial charge on any atom is 0.313 e. The van der Waals surface area contributed by atoms with Gasteiger partial charge in [0.15, 0.2) is 0 Å². The number of carboxylic acids is 1. The summed E-state index contributed by atoms with van der Waals surface area (Å²) in [6.07, 6.45) is 6.75. The Bertz CT molecular complexity index is 605. The van der Waals surface area contributed by atoms with E-state index in [0.29, 0.717) is 25.7 Å². The predicted octanol–water partition coefficient (Wildman–Crippen LogP) is 3.76. The monoisotopic (exact) mass is 428 g/mol. The molecule has 0 fully saturated rings. The van der Waals surface area contributed by atoms with Gasteiger partial charge in [-0.1, -0.05) is 12.1 Å². The number of halogens is 1. The molecular weight excluding hydrogens is 407 g/mol. The van der Waals surface area contributed by atoms with Crippen molar-refractivity contribution in [3.63, 3.8) is 0 Å². The molecule has 1 aromatic carbocycles. The summed E-state index contributed by atoms with van der Waals surface area (Å²) < 4.78 is 6.24. The van der Waals surface area contributed by atoms with Crippen LogP contribution < -0.4 is 0 Å². The van der Waals surface area contributed by atoms with Gasteiger partial charge in [-0.05, 0) is 66.5 Å². The van der Waals surface area contributed by atoms with Gasteiger partial charge in [0, 0.05) is 16.9 Å². The Balaban J connectivity index is 2.91. The molecule has 0 saturated heterocycles. The van der Waals surface area contributed by atoms with Crippen molar-refractivity contribution >= 4 is 34.5 Å². The lowest BCUT2D eigenvalue weighted by Crippen LogP contribution is -2.34. The number of aliphatic carboxylic acids is 1. The van der Waals surface area contributed by atoms with Crippen LogP contribution in [0.1, 0.15) is 45.1 Å². The Labute approximate surface area is 150 Å². The molecule has 1 aromatic rings. The van der Waals surface area contributed by atoms with E-state index >= 15 is 0 Å². The van der Waals surface area contributed by atoms with E-state index in [1.54, 1.807) is 6.92 Å². The first-order valence-corrected chi connectivity index (χ1v) is 8.47. The average molecular weight is 428 g/mol. The van der Waals surface area contributed by atoms with Crippen LogP contribution in [0, 0.1) is 15.9 Å². The number of hydrogen-bond acceptors (Lipinski definition) is 3. The van der Waals surface area contributed by atoms with Gasteiger partial charge < -0.3 is 9.84 Å². The van der Waals surface area contributed by atoms with E-state index in [4.69, 9.17) is 11.2 Å². The van der Waals surface area contributed by atoms with Crippen LogP contribution in [-0.2, 0) is 19.7 Å². The molecule has 2 unspecified atom stereocenters. The van der Waals surface area contributed by atoms with Crippen molar-refractivity contribution in [2.45, 2.75) is 51.0 Å². The Morgan fingerprint density at radius 1 is 1.43 bits per heavy atom. The smallest absolute Gasteiger partial charge is 0.313 e. The van der Waals surface area contributed by atoms with Gasteiger partial charge in [-0.3, -0.25) is 9.59 Å². The highest BCUT2D eigenvalue weighted by Crippen LogP contribution is 2.32. The number of ether oxygens (including phenoxy) is 1. The SMILES string of the molecule is C#CCCC(CCC(C)(C(=O)O)c1cccc(I)c1)OC(C)=O. The predicted molar refractivity (Wildman–Crippen MR) is 97.0 cm³/mol. The lowest BCUT2D eigenvalue weighted by molar-refractivity contribution is -0.147. The third-order valence-corrected chi connectivity index (χ3v) is 4.51. The van der Waals surface area contributed by atoms with E-state index in [-0.39, 0.29) is 12.1 Å². The Morgan fingerprint density at radius 3 is 2.65 bits per heavy atom. The number of esters is 1. The lowest BCUT2D eigenvalue weighted by atomic mass is 9.77. The molecule has 1 rings (SSSR count). The van der Waals surface area contributed by atoms with Crippen LogP contribution in [0.2, 0.25) is 0 Å². The molecule has 124 valence electrons. The minimum atomic E-state index is -1.03. The molecule has 4 nitrogen and oxygen atoms in total. The molecule has 0 amide bonds. The molecule has 23 heavy (non-hydrogen) atoms. The zero-order valence-corrected chi connectivity index (χ0v) is 15.5. The van der Waals surface area contributed by atoms with Gasteiger partial charge in [0.2, 0.25) is 0 Å². The van der Waals surface area contributed by atoms with E-state index in [1.165, 1.54) is 6.92 Å². The zero-order chi connectivity index (χ0) is 17.5. The van der Waals surface area contributed by atoms with Gasteiger partial charge in [0.25, 0.3) is 0 Å². The first-order valence-electron chi connectivity index (χ1n) is 7.39. The quantitative estimate of drug-likeness (QED) is 0.389. The molecule has 5 heteroatoms. The lowest BCUT2D eigenvalue weighted by Gasteiger charge is -2.27. The highest BCUT2D eigenvalue weighted by atomic mass is 127. The van der Waals surface area contributed by atoms with Crippen LogP contribution in [0.25, 0.3) is 0 Å². The number of rotatable bonds is 8. The zero-order valence-electron chi connectivity index (χ0n) is 13.3. The summed E-state index contributed by atoms with van der Waals surface area (Å²) in [6, 6.07) is 7.45. The summed E-state index contributed by atoms with van der Waals surface area (Å²) in [7, 11) is 0. The molecule has 0 aliphatic rings. The molecule has 0 spiro atoms. The second-order valence-electron chi connectivity index (χ2n) is 5.66. The maximum atomic E-state index is 11.8. The summed E-state index contributed by atoms with van der Waals surface area (Å²) in [5, 5.41) is 9.71. The fraction of sp³-hybridized carbons (Fsp3) is 0.444. The van der Waals surface area contributed by atoms with Gasteiger partial charge in [-0.2, -0.15) is 0 Å². The number of benzene rings is 1. The van der Waals surface area contributed by atoms with Crippen molar-refractivity contribution in [2.24, 2.45) is 0 Å². The second kappa shape index (κ2) is 8.92. The number of carbonyl (C=O) groups is 2. The van der Waals surface area contributed by atoms with Gasteiger partial charge >= 0.3 is 11.9 Å². The maximum absolute atomic E-state index is 11.8. The number of terminal acetylenes is 1. The molecule has 0 saturated carbocycles. The van der Waals surface area contributed by atoms with Gasteiger partial charge in [0.05, 0.1) is 5.41 Å². The highest BCUT2D eigenvalue weighted by Gasteiger charge is 2.36.